The number of hydrogen-bond donors (Lipinski definition) is 1. The number of hydrogen-bond acceptors (Lipinski definition) is 2. The molecule has 1 heterocycles. The Bertz CT molecular complexity index is 277. The van der Waals surface area contributed by atoms with Crippen LogP contribution in [0.4, 0.5) is 0 Å². The van der Waals surface area contributed by atoms with E-state index in [4.69, 9.17) is 4.74 Å². The number of piperidine rings is 1. The van der Waals surface area contributed by atoms with Crippen molar-refractivity contribution in [3.05, 3.63) is 0 Å². The van der Waals surface area contributed by atoms with Crippen LogP contribution < -0.4 is 17.3 Å². The molecule has 0 aromatic carbocycles. The zero-order valence-electron chi connectivity index (χ0n) is 10.7. The number of esters is 1. The third-order valence-electron chi connectivity index (χ3n) is 2.78. The van der Waals surface area contributed by atoms with Crippen molar-refractivity contribution in [3.8, 4) is 11.8 Å². The van der Waals surface area contributed by atoms with Crippen LogP contribution in [-0.4, -0.2) is 31.7 Å². The number of halogens is 1. The van der Waals surface area contributed by atoms with Crippen LogP contribution in [0.25, 0.3) is 0 Å². The molecule has 0 radical (unpaired) electrons. The lowest BCUT2D eigenvalue weighted by Crippen LogP contribution is -3.12. The summed E-state index contributed by atoms with van der Waals surface area (Å²) in [4.78, 5) is 12.3. The first-order valence-corrected chi connectivity index (χ1v) is 6.15. The fourth-order valence-electron chi connectivity index (χ4n) is 1.96. The zero-order chi connectivity index (χ0) is 11.8. The van der Waals surface area contributed by atoms with E-state index in [2.05, 4.69) is 11.8 Å². The van der Waals surface area contributed by atoms with E-state index in [1.165, 1.54) is 39.3 Å². The van der Waals surface area contributed by atoms with E-state index in [1.54, 1.807) is 4.90 Å². The van der Waals surface area contributed by atoms with Crippen molar-refractivity contribution in [1.29, 1.82) is 0 Å². The van der Waals surface area contributed by atoms with Gasteiger partial charge >= 0.3 is 5.97 Å². The Morgan fingerprint density at radius 1 is 1.29 bits per heavy atom. The number of ether oxygens (including phenoxy) is 1. The number of carbonyl (C=O) groups excluding carboxylic acids is 1. The van der Waals surface area contributed by atoms with Crippen LogP contribution >= 0.6 is 0 Å². The van der Waals surface area contributed by atoms with E-state index in [9.17, 15) is 4.79 Å². The molecule has 1 N–H and O–H groups in total. The monoisotopic (exact) mass is 259 g/mol. The second kappa shape index (κ2) is 9.32. The van der Waals surface area contributed by atoms with Gasteiger partial charge in [0.15, 0.2) is 0 Å². The van der Waals surface area contributed by atoms with E-state index in [-0.39, 0.29) is 24.5 Å². The lowest BCUT2D eigenvalue weighted by Gasteiger charge is -2.20. The normalized spacial score (nSPS) is 17.3. The highest BCUT2D eigenvalue weighted by atomic mass is 35.5. The van der Waals surface area contributed by atoms with E-state index >= 15 is 0 Å². The molecule has 1 aliphatic rings. The van der Waals surface area contributed by atoms with Gasteiger partial charge in [-0.15, -0.1) is 0 Å². The molecule has 1 saturated heterocycles. The average Bonchev–Trinajstić information content (AvgIpc) is 2.25. The van der Waals surface area contributed by atoms with Crippen molar-refractivity contribution >= 4 is 5.97 Å². The highest BCUT2D eigenvalue weighted by Gasteiger charge is 2.11. The molecule has 1 rings (SSSR count). The number of carbonyl (C=O) groups is 1. The van der Waals surface area contributed by atoms with E-state index in [0.29, 0.717) is 6.42 Å². The van der Waals surface area contributed by atoms with Crippen LogP contribution in [0.3, 0.4) is 0 Å². The molecule has 98 valence electrons. The van der Waals surface area contributed by atoms with Gasteiger partial charge in [0.1, 0.15) is 12.6 Å². The van der Waals surface area contributed by atoms with Crippen molar-refractivity contribution in [2.75, 3.05) is 19.6 Å². The van der Waals surface area contributed by atoms with Crippen molar-refractivity contribution in [2.24, 2.45) is 0 Å². The topological polar surface area (TPSA) is 30.7 Å². The summed E-state index contributed by atoms with van der Waals surface area (Å²) in [5.41, 5.74) is 0. The van der Waals surface area contributed by atoms with Gasteiger partial charge in [-0.2, -0.15) is 0 Å². The van der Waals surface area contributed by atoms with Crippen molar-refractivity contribution in [1.82, 2.24) is 0 Å². The summed E-state index contributed by atoms with van der Waals surface area (Å²) in [5.74, 6) is 6.04. The first-order valence-electron chi connectivity index (χ1n) is 6.15. The Hall–Kier alpha value is -0.720. The molecule has 0 amide bonds. The summed E-state index contributed by atoms with van der Waals surface area (Å²) in [6, 6.07) is 0. The van der Waals surface area contributed by atoms with Gasteiger partial charge in [-0.25, -0.2) is 0 Å². The highest BCUT2D eigenvalue weighted by Crippen LogP contribution is 1.96. The maximum Gasteiger partial charge on any atom is 0.302 e. The number of quaternary nitrogens is 1. The van der Waals surface area contributed by atoms with Crippen LogP contribution in [-0.2, 0) is 9.53 Å². The summed E-state index contributed by atoms with van der Waals surface area (Å²) in [7, 11) is 0. The summed E-state index contributed by atoms with van der Waals surface area (Å²) in [5, 5.41) is 0. The van der Waals surface area contributed by atoms with Crippen molar-refractivity contribution in [3.63, 3.8) is 0 Å². The number of likely N-dealkylation sites (tertiary alicyclic amines) is 1. The van der Waals surface area contributed by atoms with Crippen LogP contribution in [0.5, 0.6) is 0 Å². The number of nitrogens with one attached hydrogen (secondary N) is 1. The Morgan fingerprint density at radius 3 is 2.53 bits per heavy atom. The first kappa shape index (κ1) is 16.3. The van der Waals surface area contributed by atoms with Gasteiger partial charge in [0, 0.05) is 13.3 Å². The van der Waals surface area contributed by atoms with Crippen molar-refractivity contribution < 1.29 is 26.8 Å². The molecular weight excluding hydrogens is 238 g/mol. The van der Waals surface area contributed by atoms with Gasteiger partial charge in [0.05, 0.1) is 13.1 Å². The second-order valence-corrected chi connectivity index (χ2v) is 4.47. The maximum atomic E-state index is 10.7. The standard InChI is InChI=1S/C13H21NO2.ClH/c1-12(16-13(2)15)8-4-7-11-14-9-5-3-6-10-14;/h12H,3,5-6,8-11H2,1-2H3;1H. The van der Waals surface area contributed by atoms with Gasteiger partial charge in [-0.1, -0.05) is 5.92 Å². The minimum Gasteiger partial charge on any atom is -1.00 e. The predicted molar refractivity (Wildman–Crippen MR) is 63.0 cm³/mol. The van der Waals surface area contributed by atoms with Gasteiger partial charge in [0.2, 0.25) is 0 Å². The van der Waals surface area contributed by atoms with Gasteiger partial charge in [0.25, 0.3) is 0 Å². The van der Waals surface area contributed by atoms with E-state index < -0.39 is 0 Å². The molecule has 0 spiro atoms. The molecule has 0 saturated carbocycles. The molecular formula is C13H22ClNO2. The molecule has 0 aromatic rings. The SMILES string of the molecule is CC(=O)OC(C)CC#CC[NH+]1CCCCC1.[Cl-]. The maximum absolute atomic E-state index is 10.7. The predicted octanol–water partition coefficient (Wildman–Crippen LogP) is -2.60. The zero-order valence-corrected chi connectivity index (χ0v) is 11.5. The van der Waals surface area contributed by atoms with Gasteiger partial charge in [-0.3, -0.25) is 4.79 Å². The highest BCUT2D eigenvalue weighted by molar-refractivity contribution is 5.66. The summed E-state index contributed by atoms with van der Waals surface area (Å²) in [6.07, 6.45) is 4.61. The first-order chi connectivity index (χ1) is 7.68. The van der Waals surface area contributed by atoms with Crippen LogP contribution in [0, 0.1) is 11.8 Å². The third kappa shape index (κ3) is 8.06. The molecule has 1 aliphatic heterocycles. The average molecular weight is 260 g/mol. The quantitative estimate of drug-likeness (QED) is 0.445. The lowest BCUT2D eigenvalue weighted by molar-refractivity contribution is -0.897. The molecule has 4 heteroatoms. The fourth-order valence-corrected chi connectivity index (χ4v) is 1.96. The summed E-state index contributed by atoms with van der Waals surface area (Å²) >= 11 is 0. The van der Waals surface area contributed by atoms with E-state index in [0.717, 1.165) is 6.54 Å². The Balaban J connectivity index is 0.00000256. The minimum atomic E-state index is -0.226. The van der Waals surface area contributed by atoms with Crippen molar-refractivity contribution in [2.45, 2.75) is 45.6 Å². The number of rotatable bonds is 3. The molecule has 0 bridgehead atoms. The van der Waals surface area contributed by atoms with Gasteiger partial charge in [-0.05, 0) is 32.1 Å². The Morgan fingerprint density at radius 2 is 1.94 bits per heavy atom. The molecule has 3 nitrogen and oxygen atoms in total. The fraction of sp³-hybridized carbons (Fsp3) is 0.769. The van der Waals surface area contributed by atoms with Crippen LogP contribution in [0.15, 0.2) is 0 Å². The Labute approximate surface area is 110 Å². The lowest BCUT2D eigenvalue weighted by atomic mass is 10.1. The summed E-state index contributed by atoms with van der Waals surface area (Å²) in [6.45, 7) is 6.76. The Kier molecular flexibility index (Phi) is 8.93. The minimum absolute atomic E-state index is 0. The molecule has 17 heavy (non-hydrogen) atoms. The molecule has 0 aromatic heterocycles. The largest absolute Gasteiger partial charge is 1.00 e. The molecule has 1 unspecified atom stereocenters. The molecule has 1 atom stereocenters. The van der Waals surface area contributed by atoms with Gasteiger partial charge < -0.3 is 22.0 Å². The van der Waals surface area contributed by atoms with Crippen LogP contribution in [0.2, 0.25) is 0 Å². The van der Waals surface area contributed by atoms with E-state index in [1.807, 2.05) is 6.92 Å². The van der Waals surface area contributed by atoms with Crippen LogP contribution in [0.1, 0.15) is 39.5 Å². The third-order valence-corrected chi connectivity index (χ3v) is 2.78. The summed E-state index contributed by atoms with van der Waals surface area (Å²) < 4.78 is 4.99. The molecule has 0 aliphatic carbocycles. The second-order valence-electron chi connectivity index (χ2n) is 4.47. The smallest absolute Gasteiger partial charge is 0.302 e. The molecule has 1 fully saturated rings.